The zero-order chi connectivity index (χ0) is 16.6. The van der Waals surface area contributed by atoms with E-state index in [9.17, 15) is 9.90 Å². The second kappa shape index (κ2) is 5.83. The number of aryl methyl sites for hydroxylation is 1. The molecule has 2 aromatic carbocycles. The zero-order valence-corrected chi connectivity index (χ0v) is 13.3. The van der Waals surface area contributed by atoms with Crippen LogP contribution in [0.3, 0.4) is 0 Å². The molecule has 0 radical (unpaired) electrons. The van der Waals surface area contributed by atoms with Gasteiger partial charge in [0.1, 0.15) is 28.4 Å². The average molecular weight is 314 g/mol. The third-order valence-corrected chi connectivity index (χ3v) is 3.82. The van der Waals surface area contributed by atoms with Gasteiger partial charge in [-0.05, 0) is 23.9 Å². The summed E-state index contributed by atoms with van der Waals surface area (Å²) >= 11 is 0. The molecule has 0 aliphatic carbocycles. The zero-order valence-electron chi connectivity index (χ0n) is 13.3. The number of fused-ring (bicyclic) bond motifs is 3. The molecule has 1 N–H and O–H groups in total. The van der Waals surface area contributed by atoms with E-state index in [1.807, 2.05) is 6.92 Å². The molecule has 0 amide bonds. The molecule has 0 saturated carbocycles. The molecule has 0 bridgehead atoms. The molecular weight excluding hydrogens is 296 g/mol. The predicted molar refractivity (Wildman–Crippen MR) is 88.8 cm³/mol. The van der Waals surface area contributed by atoms with Crippen LogP contribution in [-0.2, 0) is 6.42 Å². The number of rotatable bonds is 4. The van der Waals surface area contributed by atoms with Crippen molar-refractivity contribution in [2.24, 2.45) is 0 Å². The summed E-state index contributed by atoms with van der Waals surface area (Å²) in [5.74, 6) is 1.61. The molecule has 23 heavy (non-hydrogen) atoms. The van der Waals surface area contributed by atoms with Crippen LogP contribution in [0.1, 0.15) is 19.1 Å². The number of ether oxygens (including phenoxy) is 2. The molecule has 0 saturated heterocycles. The normalized spacial score (nSPS) is 11.1. The van der Waals surface area contributed by atoms with Crippen LogP contribution in [-0.4, -0.2) is 19.3 Å². The first kappa shape index (κ1) is 15.2. The lowest BCUT2D eigenvalue weighted by Gasteiger charge is -2.13. The van der Waals surface area contributed by atoms with Crippen LogP contribution in [0.2, 0.25) is 0 Å². The molecule has 0 fully saturated rings. The van der Waals surface area contributed by atoms with Crippen molar-refractivity contribution in [1.29, 1.82) is 0 Å². The lowest BCUT2D eigenvalue weighted by molar-refractivity contribution is 0.411. The fourth-order valence-corrected chi connectivity index (χ4v) is 2.84. The second-order valence-electron chi connectivity index (χ2n) is 5.35. The van der Waals surface area contributed by atoms with Gasteiger partial charge in [0, 0.05) is 18.6 Å². The van der Waals surface area contributed by atoms with E-state index in [1.165, 1.54) is 26.4 Å². The molecule has 0 atom stereocenters. The minimum Gasteiger partial charge on any atom is -0.507 e. The summed E-state index contributed by atoms with van der Waals surface area (Å²) in [5, 5.41) is 12.2. The van der Waals surface area contributed by atoms with Crippen LogP contribution < -0.4 is 14.9 Å². The number of hydrogen-bond donors (Lipinski definition) is 1. The van der Waals surface area contributed by atoms with Gasteiger partial charge in [0.2, 0.25) is 0 Å². The molecule has 3 rings (SSSR count). The first-order chi connectivity index (χ1) is 11.1. The van der Waals surface area contributed by atoms with Crippen molar-refractivity contribution < 1.29 is 19.0 Å². The Bertz CT molecular complexity index is 940. The number of methoxy groups -OCH3 is 2. The molecule has 0 aliphatic rings. The molecule has 0 aliphatic heterocycles. The van der Waals surface area contributed by atoms with E-state index in [1.54, 1.807) is 12.1 Å². The summed E-state index contributed by atoms with van der Waals surface area (Å²) in [4.78, 5) is 11.8. The predicted octanol–water partition coefficient (Wildman–Crippen LogP) is 3.62. The van der Waals surface area contributed by atoms with Gasteiger partial charge >= 0.3 is 0 Å². The molecule has 0 unspecified atom stereocenters. The van der Waals surface area contributed by atoms with Gasteiger partial charge in [-0.1, -0.05) is 6.92 Å². The SMILES string of the molecule is CCCc1cc(O)c2c(OC)cc3cc(=O)cc(OC)c3c2o1. The van der Waals surface area contributed by atoms with Gasteiger partial charge in [-0.3, -0.25) is 4.79 Å². The summed E-state index contributed by atoms with van der Waals surface area (Å²) in [5.41, 5.74) is 0.296. The van der Waals surface area contributed by atoms with Gasteiger partial charge in [-0.2, -0.15) is 0 Å². The Hall–Kier alpha value is -2.69. The van der Waals surface area contributed by atoms with Gasteiger partial charge < -0.3 is 19.0 Å². The summed E-state index contributed by atoms with van der Waals surface area (Å²) in [7, 11) is 3.01. The van der Waals surface area contributed by atoms with Crippen LogP contribution >= 0.6 is 0 Å². The number of hydrogen-bond acceptors (Lipinski definition) is 5. The van der Waals surface area contributed by atoms with Crippen LogP contribution in [0.5, 0.6) is 17.2 Å². The van der Waals surface area contributed by atoms with Crippen LogP contribution in [0.4, 0.5) is 0 Å². The molecule has 5 nitrogen and oxygen atoms in total. The maximum atomic E-state index is 11.8. The van der Waals surface area contributed by atoms with Crippen molar-refractivity contribution in [2.75, 3.05) is 14.2 Å². The van der Waals surface area contributed by atoms with E-state index in [2.05, 4.69) is 0 Å². The van der Waals surface area contributed by atoms with E-state index in [-0.39, 0.29) is 11.2 Å². The summed E-state index contributed by atoms with van der Waals surface area (Å²) in [6, 6.07) is 6.22. The maximum absolute atomic E-state index is 11.8. The Kier molecular flexibility index (Phi) is 3.86. The van der Waals surface area contributed by atoms with Crippen molar-refractivity contribution in [3.8, 4) is 17.2 Å². The first-order valence-electron chi connectivity index (χ1n) is 7.43. The Labute approximate surface area is 133 Å². The molecule has 1 aromatic heterocycles. The molecule has 3 aromatic rings. The lowest BCUT2D eigenvalue weighted by Crippen LogP contribution is -2.00. The highest BCUT2D eigenvalue weighted by Gasteiger charge is 2.18. The van der Waals surface area contributed by atoms with E-state index >= 15 is 0 Å². The highest BCUT2D eigenvalue weighted by molar-refractivity contribution is 6.11. The van der Waals surface area contributed by atoms with Crippen molar-refractivity contribution >= 4 is 21.7 Å². The fraction of sp³-hybridized carbons (Fsp3) is 0.278. The molecule has 120 valence electrons. The summed E-state index contributed by atoms with van der Waals surface area (Å²) in [6.07, 6.45) is 1.59. The molecule has 0 spiro atoms. The topological polar surface area (TPSA) is 68.9 Å². The smallest absolute Gasteiger partial charge is 0.182 e. The second-order valence-corrected chi connectivity index (χ2v) is 5.35. The quantitative estimate of drug-likeness (QED) is 0.745. The molecule has 1 heterocycles. The number of benzene rings is 2. The Morgan fingerprint density at radius 2 is 1.74 bits per heavy atom. The van der Waals surface area contributed by atoms with Gasteiger partial charge in [0.15, 0.2) is 11.0 Å². The minimum absolute atomic E-state index is 0.0849. The molecular formula is C18H18O5. The standard InChI is InChI=1S/C18H18O5/c1-4-5-12-9-13(20)17-14(21-2)7-10-6-11(19)8-15(22-3)16(10)18(17)23-12/h6-9,20H,4-5H2,1-3H3. The lowest BCUT2D eigenvalue weighted by atomic mass is 10.0. The highest BCUT2D eigenvalue weighted by atomic mass is 16.5. The van der Waals surface area contributed by atoms with E-state index in [0.717, 1.165) is 6.42 Å². The third-order valence-electron chi connectivity index (χ3n) is 3.82. The van der Waals surface area contributed by atoms with Gasteiger partial charge in [0.05, 0.1) is 19.6 Å². The maximum Gasteiger partial charge on any atom is 0.182 e. The monoisotopic (exact) mass is 314 g/mol. The first-order valence-corrected chi connectivity index (χ1v) is 7.43. The van der Waals surface area contributed by atoms with Gasteiger partial charge in [-0.25, -0.2) is 0 Å². The van der Waals surface area contributed by atoms with Crippen molar-refractivity contribution in [3.63, 3.8) is 0 Å². The molecule has 5 heteroatoms. The Balaban J connectivity index is 2.55. The van der Waals surface area contributed by atoms with Gasteiger partial charge in [-0.15, -0.1) is 0 Å². The van der Waals surface area contributed by atoms with Crippen molar-refractivity contribution in [2.45, 2.75) is 19.8 Å². The Morgan fingerprint density at radius 3 is 2.39 bits per heavy atom. The van der Waals surface area contributed by atoms with Crippen molar-refractivity contribution in [1.82, 2.24) is 0 Å². The fourth-order valence-electron chi connectivity index (χ4n) is 2.84. The summed E-state index contributed by atoms with van der Waals surface area (Å²) in [6.45, 7) is 2.03. The van der Waals surface area contributed by atoms with E-state index < -0.39 is 0 Å². The van der Waals surface area contributed by atoms with Crippen LogP contribution in [0, 0.1) is 0 Å². The highest BCUT2D eigenvalue weighted by Crippen LogP contribution is 2.42. The van der Waals surface area contributed by atoms with E-state index in [4.69, 9.17) is 13.9 Å². The van der Waals surface area contributed by atoms with Crippen LogP contribution in [0.25, 0.3) is 21.7 Å². The van der Waals surface area contributed by atoms with Gasteiger partial charge in [0.25, 0.3) is 0 Å². The number of aromatic hydroxyl groups is 1. The van der Waals surface area contributed by atoms with E-state index in [0.29, 0.717) is 45.4 Å². The third kappa shape index (κ3) is 2.48. The average Bonchev–Trinajstić information content (AvgIpc) is 2.52. The largest absolute Gasteiger partial charge is 0.507 e. The minimum atomic E-state index is -0.162. The van der Waals surface area contributed by atoms with Crippen LogP contribution in [0.15, 0.2) is 33.5 Å². The van der Waals surface area contributed by atoms with Crippen molar-refractivity contribution in [3.05, 3.63) is 40.2 Å². The Morgan fingerprint density at radius 1 is 1.04 bits per heavy atom. The summed E-state index contributed by atoms with van der Waals surface area (Å²) < 4.78 is 16.7.